The van der Waals surface area contributed by atoms with E-state index in [1.54, 1.807) is 0 Å². The zero-order valence-corrected chi connectivity index (χ0v) is 92.3. The van der Waals surface area contributed by atoms with Gasteiger partial charge < -0.3 is 4.74 Å². The topological polar surface area (TPSA) is 9.23 Å². The van der Waals surface area contributed by atoms with Crippen molar-refractivity contribution in [2.75, 3.05) is 0 Å². The van der Waals surface area contributed by atoms with E-state index >= 15 is 0 Å². The SMILES string of the molecule is CCCCCCCCCCCCCCCCCCCCCCCC(CCCCCCCCCCCCCCCCCCCC)(CCCCCCCCCCCCCCCCCCCC)OC(CCCCCCCCCCCCCCCCCCCC)(CCCCCCCCCCCCCCCCCCCC)CCCCCCCCCCCCCCCCCCCCCCC. The standard InChI is InChI=1S/C128H258O/c1-7-13-19-25-31-37-43-49-55-61-67-69-71-77-83-89-95-101-107-113-119-125-127(121-115-109-103-97-91-85-79-73-63-57-51-45-39-33-27-21-15-9-3,122-116-110-104-98-92-86-80-74-64-58-52-46-40-34-28-22-16-10-4)129-128(123-117-111-105-99-93-87-81-75-65-59-53-47-41-35-29-23-17-11-5,124-118-112-106-100-94-88-82-76-66-60-54-48-42-36-30-24-18-12-6)126-120-114-108-102-96-90-84-78-72-70-68-62-56-50-44-38-32-26-20-14-8-2/h7-126H2,1-6H3. The van der Waals surface area contributed by atoms with Gasteiger partial charge in [-0.25, -0.2) is 0 Å². The summed E-state index contributed by atoms with van der Waals surface area (Å²) in [6, 6.07) is 0. The molecule has 0 aromatic rings. The lowest BCUT2D eigenvalue weighted by atomic mass is 9.80. The van der Waals surface area contributed by atoms with Crippen LogP contribution in [0.25, 0.3) is 0 Å². The van der Waals surface area contributed by atoms with Crippen LogP contribution in [0.3, 0.4) is 0 Å². The summed E-state index contributed by atoms with van der Waals surface area (Å²) in [4.78, 5) is 0. The molecular weight excluding hydrogens is 1550 g/mol. The van der Waals surface area contributed by atoms with E-state index in [4.69, 9.17) is 4.74 Å². The van der Waals surface area contributed by atoms with Gasteiger partial charge in [-0.15, -0.1) is 0 Å². The van der Waals surface area contributed by atoms with Gasteiger partial charge in [0.1, 0.15) is 0 Å². The summed E-state index contributed by atoms with van der Waals surface area (Å²) >= 11 is 0. The Bertz CT molecular complexity index is 1650. The number of hydrogen-bond donors (Lipinski definition) is 0. The second-order valence-electron chi connectivity index (χ2n) is 45.2. The molecule has 129 heavy (non-hydrogen) atoms. The smallest absolute Gasteiger partial charge is 0.0690 e. The van der Waals surface area contributed by atoms with Crippen LogP contribution in [-0.4, -0.2) is 11.2 Å². The summed E-state index contributed by atoms with van der Waals surface area (Å²) in [5.41, 5.74) is 0.0987. The molecule has 0 atom stereocenters. The van der Waals surface area contributed by atoms with E-state index in [1.807, 2.05) is 0 Å². The van der Waals surface area contributed by atoms with Gasteiger partial charge in [0.15, 0.2) is 0 Å². The molecule has 0 bridgehead atoms. The molecule has 0 aliphatic rings. The first kappa shape index (κ1) is 129. The zero-order chi connectivity index (χ0) is 92.6. The Morgan fingerprint density at radius 1 is 0.0775 bits per heavy atom. The van der Waals surface area contributed by atoms with Gasteiger partial charge in [0.25, 0.3) is 0 Å². The van der Waals surface area contributed by atoms with Crippen molar-refractivity contribution < 1.29 is 4.74 Å². The highest BCUT2D eigenvalue weighted by Crippen LogP contribution is 2.44. The minimum absolute atomic E-state index is 0.0493. The third-order valence-corrected chi connectivity index (χ3v) is 31.8. The van der Waals surface area contributed by atoms with Crippen molar-refractivity contribution in [2.24, 2.45) is 0 Å². The molecule has 0 aromatic carbocycles. The highest BCUT2D eigenvalue weighted by Gasteiger charge is 2.41. The van der Waals surface area contributed by atoms with E-state index in [2.05, 4.69) is 41.5 Å². The minimum atomic E-state index is 0.0493. The number of ether oxygens (including phenoxy) is 1. The van der Waals surface area contributed by atoms with Crippen LogP contribution in [0.15, 0.2) is 0 Å². The highest BCUT2D eigenvalue weighted by molar-refractivity contribution is 4.91. The molecule has 0 aliphatic carbocycles. The molecule has 0 N–H and O–H groups in total. The molecule has 0 radical (unpaired) electrons. The van der Waals surface area contributed by atoms with Crippen LogP contribution < -0.4 is 0 Å². The molecule has 776 valence electrons. The average molecular weight is 1810 g/mol. The Hall–Kier alpha value is -0.0400. The predicted octanol–water partition coefficient (Wildman–Crippen LogP) is 49.4. The molecule has 1 heteroatoms. The van der Waals surface area contributed by atoms with Gasteiger partial charge in [-0.2, -0.15) is 0 Å². The van der Waals surface area contributed by atoms with Crippen LogP contribution in [-0.2, 0) is 4.74 Å². The summed E-state index contributed by atoms with van der Waals surface area (Å²) < 4.78 is 8.85. The van der Waals surface area contributed by atoms with Gasteiger partial charge in [0, 0.05) is 0 Å². The Balaban J connectivity index is 6.88. The van der Waals surface area contributed by atoms with Gasteiger partial charge in [-0.05, 0) is 38.5 Å². The van der Waals surface area contributed by atoms with E-state index in [-0.39, 0.29) is 11.2 Å². The average Bonchev–Trinajstić information content (AvgIpc) is 0.808. The van der Waals surface area contributed by atoms with Crippen LogP contribution in [0.4, 0.5) is 0 Å². The molecule has 0 saturated heterocycles. The first-order valence-corrected chi connectivity index (χ1v) is 63.8. The fourth-order valence-corrected chi connectivity index (χ4v) is 22.7. The summed E-state index contributed by atoms with van der Waals surface area (Å²) in [6.07, 6.45) is 175. The third-order valence-electron chi connectivity index (χ3n) is 31.8. The van der Waals surface area contributed by atoms with Crippen LogP contribution in [0, 0.1) is 0 Å². The van der Waals surface area contributed by atoms with Crippen molar-refractivity contribution in [1.82, 2.24) is 0 Å². The summed E-state index contributed by atoms with van der Waals surface area (Å²) in [5.74, 6) is 0. The Kier molecular flexibility index (Phi) is 117. The van der Waals surface area contributed by atoms with Crippen molar-refractivity contribution in [3.05, 3.63) is 0 Å². The number of unbranched alkanes of at least 4 members (excludes halogenated alkanes) is 108. The minimum Gasteiger partial charge on any atom is -0.369 e. The van der Waals surface area contributed by atoms with Gasteiger partial charge in [-0.1, -0.05) is 774 Å². The van der Waals surface area contributed by atoms with Crippen molar-refractivity contribution in [3.63, 3.8) is 0 Å². The van der Waals surface area contributed by atoms with E-state index in [9.17, 15) is 0 Å². The molecule has 0 aliphatic heterocycles. The van der Waals surface area contributed by atoms with E-state index in [0.717, 1.165) is 0 Å². The van der Waals surface area contributed by atoms with Crippen LogP contribution in [0.2, 0.25) is 0 Å². The number of hydrogen-bond acceptors (Lipinski definition) is 1. The maximum Gasteiger partial charge on any atom is 0.0690 e. The Labute approximate surface area is 822 Å². The van der Waals surface area contributed by atoms with Gasteiger partial charge in [0.2, 0.25) is 0 Å². The first-order valence-electron chi connectivity index (χ1n) is 63.8. The van der Waals surface area contributed by atoms with Gasteiger partial charge in [-0.3, -0.25) is 0 Å². The van der Waals surface area contributed by atoms with Crippen molar-refractivity contribution in [1.29, 1.82) is 0 Å². The summed E-state index contributed by atoms with van der Waals surface area (Å²) in [6.45, 7) is 14.1. The fraction of sp³-hybridized carbons (Fsp3) is 1.00. The second kappa shape index (κ2) is 117. The highest BCUT2D eigenvalue weighted by atomic mass is 16.5. The Morgan fingerprint density at radius 3 is 0.194 bits per heavy atom. The summed E-state index contributed by atoms with van der Waals surface area (Å²) in [7, 11) is 0. The predicted molar refractivity (Wildman–Crippen MR) is 595 cm³/mol. The van der Waals surface area contributed by atoms with Crippen LogP contribution >= 0.6 is 0 Å². The quantitative estimate of drug-likeness (QED) is 0.0552. The monoisotopic (exact) mass is 1810 g/mol. The molecule has 0 saturated carbocycles. The van der Waals surface area contributed by atoms with Crippen LogP contribution in [0.5, 0.6) is 0 Å². The maximum absolute atomic E-state index is 8.85. The largest absolute Gasteiger partial charge is 0.369 e. The maximum atomic E-state index is 8.85. The normalized spacial score (nSPS) is 12.1. The first-order chi connectivity index (χ1) is 64.1. The lowest BCUT2D eigenvalue weighted by Crippen LogP contribution is -2.45. The molecule has 0 heterocycles. The molecular formula is C128H258O. The molecule has 0 fully saturated rings. The van der Waals surface area contributed by atoms with Gasteiger partial charge >= 0.3 is 0 Å². The molecule has 0 unspecified atom stereocenters. The van der Waals surface area contributed by atoms with Crippen LogP contribution in [0.1, 0.15) is 812 Å². The van der Waals surface area contributed by atoms with E-state index in [0.29, 0.717) is 0 Å². The van der Waals surface area contributed by atoms with E-state index < -0.39 is 0 Å². The second-order valence-corrected chi connectivity index (χ2v) is 45.2. The molecule has 0 rings (SSSR count). The van der Waals surface area contributed by atoms with Crippen molar-refractivity contribution in [2.45, 2.75) is 823 Å². The third kappa shape index (κ3) is 107. The van der Waals surface area contributed by atoms with Crippen molar-refractivity contribution >= 4 is 0 Å². The summed E-state index contributed by atoms with van der Waals surface area (Å²) in [5, 5.41) is 0. The molecule has 0 spiro atoms. The van der Waals surface area contributed by atoms with Gasteiger partial charge in [0.05, 0.1) is 11.2 Å². The molecule has 1 nitrogen and oxygen atoms in total. The zero-order valence-electron chi connectivity index (χ0n) is 92.3. The van der Waals surface area contributed by atoms with Crippen molar-refractivity contribution in [3.8, 4) is 0 Å². The van der Waals surface area contributed by atoms with E-state index in [1.165, 1.54) is 770 Å². The fourth-order valence-electron chi connectivity index (χ4n) is 22.7. The lowest BCUT2D eigenvalue weighted by molar-refractivity contribution is -0.182. The molecule has 0 amide bonds. The Morgan fingerprint density at radius 2 is 0.132 bits per heavy atom. The number of rotatable bonds is 122. The lowest BCUT2D eigenvalue weighted by Gasteiger charge is -2.46. The molecule has 0 aromatic heterocycles.